The predicted octanol–water partition coefficient (Wildman–Crippen LogP) is 18.8. The summed E-state index contributed by atoms with van der Waals surface area (Å²) in [6.07, 6.45) is 74.7. The van der Waals surface area contributed by atoms with Crippen LogP contribution in [0.25, 0.3) is 0 Å². The Labute approximate surface area is 455 Å². The Bertz CT molecular complexity index is 1570. The van der Waals surface area contributed by atoms with Crippen LogP contribution < -0.4 is 0 Å². The average Bonchev–Trinajstić information content (AvgIpc) is 3.36. The molecule has 10 heteroatoms. The summed E-state index contributed by atoms with van der Waals surface area (Å²) in [5, 5.41) is 0. The predicted molar refractivity (Wildman–Crippen MR) is 316 cm³/mol. The van der Waals surface area contributed by atoms with Gasteiger partial charge in [0.05, 0.1) is 27.7 Å². The third-order valence-corrected chi connectivity index (χ3v) is 13.6. The van der Waals surface area contributed by atoms with Gasteiger partial charge in [-0.05, 0) is 96.3 Å². The molecule has 2 atom stereocenters. The van der Waals surface area contributed by atoms with Gasteiger partial charge in [0.1, 0.15) is 19.8 Å². The number of likely N-dealkylation sites (N-methyl/N-ethyl adjacent to an activating group) is 1. The van der Waals surface area contributed by atoms with Crippen molar-refractivity contribution in [2.75, 3.05) is 47.5 Å². The summed E-state index contributed by atoms with van der Waals surface area (Å²) in [4.78, 5) is 35.7. The van der Waals surface area contributed by atoms with Crippen LogP contribution in [0.3, 0.4) is 0 Å². The summed E-state index contributed by atoms with van der Waals surface area (Å²) in [5.41, 5.74) is 0. The molecule has 0 aliphatic rings. The first-order valence-electron chi connectivity index (χ1n) is 30.0. The molecular formula is C64H113NO8P+. The van der Waals surface area contributed by atoms with Gasteiger partial charge in [0, 0.05) is 12.8 Å². The zero-order valence-electron chi connectivity index (χ0n) is 48.3. The highest BCUT2D eigenvalue weighted by molar-refractivity contribution is 7.47. The highest BCUT2D eigenvalue weighted by Crippen LogP contribution is 2.43. The van der Waals surface area contributed by atoms with Crippen molar-refractivity contribution in [1.29, 1.82) is 0 Å². The van der Waals surface area contributed by atoms with E-state index in [9.17, 15) is 19.0 Å². The molecule has 0 heterocycles. The molecule has 0 spiro atoms. The van der Waals surface area contributed by atoms with Crippen LogP contribution in [0.15, 0.2) is 97.2 Å². The number of carbonyl (C=O) groups excluding carboxylic acids is 2. The van der Waals surface area contributed by atoms with Crippen molar-refractivity contribution in [1.82, 2.24) is 0 Å². The minimum Gasteiger partial charge on any atom is -0.462 e. The largest absolute Gasteiger partial charge is 0.472 e. The minimum atomic E-state index is -4.40. The number of allylic oxidation sites excluding steroid dienone is 16. The highest BCUT2D eigenvalue weighted by atomic mass is 31.2. The van der Waals surface area contributed by atoms with Crippen LogP contribution in [-0.2, 0) is 32.7 Å². The molecule has 0 aromatic heterocycles. The Morgan fingerprint density at radius 2 is 0.770 bits per heavy atom. The lowest BCUT2D eigenvalue weighted by Crippen LogP contribution is -2.37. The molecular weight excluding hydrogens is 942 g/mol. The molecule has 74 heavy (non-hydrogen) atoms. The molecule has 0 aromatic carbocycles. The number of hydrogen-bond donors (Lipinski definition) is 1. The maximum atomic E-state index is 12.8. The van der Waals surface area contributed by atoms with Gasteiger partial charge in [0.15, 0.2) is 6.10 Å². The third kappa shape index (κ3) is 58.2. The summed E-state index contributed by atoms with van der Waals surface area (Å²) in [6.45, 7) is 4.30. The van der Waals surface area contributed by atoms with Crippen LogP contribution in [-0.4, -0.2) is 74.9 Å². The number of phosphoric acid groups is 1. The number of rotatable bonds is 54. The standard InChI is InChI=1S/C64H112NO8P/c1-6-8-10-12-14-16-18-20-22-24-26-28-29-30-31-32-33-34-35-37-39-41-43-45-47-49-51-53-55-57-64(67)73-62(61-72-74(68,69)71-59-58-65(3,4)5)60-70-63(66)56-54-52-50-48-46-44-42-40-38-36-27-25-23-21-19-17-15-13-11-9-7-2/h8,10,14,16,19-22,25-28,30-31,38,40,62H,6-7,9,11-13,15,17-18,23-24,29,32-37,39,41-61H2,1-5H3/p+1/b10-8-,16-14-,21-19-,22-20-,27-25-,28-26-,31-30-,40-38-. The molecule has 426 valence electrons. The van der Waals surface area contributed by atoms with E-state index >= 15 is 0 Å². The Morgan fingerprint density at radius 3 is 1.15 bits per heavy atom. The van der Waals surface area contributed by atoms with Crippen LogP contribution in [0.2, 0.25) is 0 Å². The average molecular weight is 1060 g/mol. The Kier molecular flexibility index (Phi) is 52.4. The van der Waals surface area contributed by atoms with Gasteiger partial charge in [-0.3, -0.25) is 18.6 Å². The molecule has 0 aromatic rings. The van der Waals surface area contributed by atoms with E-state index in [1.54, 1.807) is 0 Å². The van der Waals surface area contributed by atoms with E-state index in [0.29, 0.717) is 17.4 Å². The zero-order chi connectivity index (χ0) is 54.2. The van der Waals surface area contributed by atoms with Crippen molar-refractivity contribution in [3.8, 4) is 0 Å². The van der Waals surface area contributed by atoms with Crippen molar-refractivity contribution in [3.63, 3.8) is 0 Å². The van der Waals surface area contributed by atoms with Crippen molar-refractivity contribution in [2.45, 2.75) is 251 Å². The molecule has 0 bridgehead atoms. The maximum Gasteiger partial charge on any atom is 0.472 e. The van der Waals surface area contributed by atoms with E-state index in [4.69, 9.17) is 18.5 Å². The maximum absolute atomic E-state index is 12.8. The molecule has 0 amide bonds. The van der Waals surface area contributed by atoms with Gasteiger partial charge in [-0.15, -0.1) is 0 Å². The first kappa shape index (κ1) is 70.9. The summed E-state index contributed by atoms with van der Waals surface area (Å²) in [7, 11) is 1.46. The van der Waals surface area contributed by atoms with Gasteiger partial charge in [0.2, 0.25) is 0 Å². The lowest BCUT2D eigenvalue weighted by atomic mass is 10.0. The number of ether oxygens (including phenoxy) is 2. The summed E-state index contributed by atoms with van der Waals surface area (Å²) < 4.78 is 34.6. The van der Waals surface area contributed by atoms with E-state index in [1.165, 1.54) is 116 Å². The topological polar surface area (TPSA) is 108 Å². The molecule has 1 N–H and O–H groups in total. The van der Waals surface area contributed by atoms with Crippen LogP contribution >= 0.6 is 7.82 Å². The monoisotopic (exact) mass is 1050 g/mol. The lowest BCUT2D eigenvalue weighted by molar-refractivity contribution is -0.870. The van der Waals surface area contributed by atoms with E-state index < -0.39 is 26.5 Å². The van der Waals surface area contributed by atoms with Crippen LogP contribution in [0.5, 0.6) is 0 Å². The van der Waals surface area contributed by atoms with Gasteiger partial charge in [0.25, 0.3) is 0 Å². The molecule has 2 unspecified atom stereocenters. The lowest BCUT2D eigenvalue weighted by Gasteiger charge is -2.24. The minimum absolute atomic E-state index is 0.0251. The molecule has 0 radical (unpaired) electrons. The van der Waals surface area contributed by atoms with E-state index in [2.05, 4.69) is 111 Å². The highest BCUT2D eigenvalue weighted by Gasteiger charge is 2.27. The van der Waals surface area contributed by atoms with Gasteiger partial charge in [-0.1, -0.05) is 233 Å². The Hall–Kier alpha value is -3.07. The van der Waals surface area contributed by atoms with Crippen molar-refractivity contribution < 1.29 is 42.1 Å². The quantitative estimate of drug-likeness (QED) is 0.0211. The van der Waals surface area contributed by atoms with Crippen molar-refractivity contribution in [2.24, 2.45) is 0 Å². The number of quaternary nitrogens is 1. The first-order valence-corrected chi connectivity index (χ1v) is 31.5. The summed E-state index contributed by atoms with van der Waals surface area (Å²) in [5.74, 6) is -0.814. The van der Waals surface area contributed by atoms with E-state index in [0.717, 1.165) is 96.3 Å². The number of phosphoric ester groups is 1. The number of carbonyl (C=O) groups is 2. The second-order valence-corrected chi connectivity index (χ2v) is 22.5. The molecule has 0 fully saturated rings. The first-order chi connectivity index (χ1) is 36.0. The molecule has 0 aliphatic heterocycles. The molecule has 9 nitrogen and oxygen atoms in total. The molecule has 0 saturated heterocycles. The fourth-order valence-electron chi connectivity index (χ4n) is 7.99. The van der Waals surface area contributed by atoms with Gasteiger partial charge >= 0.3 is 19.8 Å². The van der Waals surface area contributed by atoms with E-state index in [1.807, 2.05) is 21.1 Å². The number of nitrogens with zero attached hydrogens (tertiary/aromatic N) is 1. The second-order valence-electron chi connectivity index (χ2n) is 21.0. The fraction of sp³-hybridized carbons (Fsp3) is 0.719. The SMILES string of the molecule is CC/C=C\C/C=C\C/C=C\C/C=C\C/C=C\CCCCCCCCCCCCCCCC(=O)OC(COC(=O)CCCCCCCC/C=C\C/C=C\C/C=C\CCCCCCC)COP(=O)(O)OCC[N+](C)(C)C. The molecule has 0 aliphatic carbocycles. The summed E-state index contributed by atoms with van der Waals surface area (Å²) >= 11 is 0. The smallest absolute Gasteiger partial charge is 0.462 e. The zero-order valence-corrected chi connectivity index (χ0v) is 49.2. The van der Waals surface area contributed by atoms with Gasteiger partial charge in [-0.25, -0.2) is 4.57 Å². The van der Waals surface area contributed by atoms with Gasteiger partial charge in [-0.2, -0.15) is 0 Å². The normalized spacial score (nSPS) is 14.0. The number of unbranched alkanes of at least 4 members (excludes halogenated alkanes) is 24. The van der Waals surface area contributed by atoms with Crippen LogP contribution in [0.1, 0.15) is 245 Å². The van der Waals surface area contributed by atoms with Crippen molar-refractivity contribution in [3.05, 3.63) is 97.2 Å². The van der Waals surface area contributed by atoms with Crippen LogP contribution in [0, 0.1) is 0 Å². The number of esters is 2. The van der Waals surface area contributed by atoms with Crippen LogP contribution in [0.4, 0.5) is 0 Å². The van der Waals surface area contributed by atoms with E-state index in [-0.39, 0.29) is 32.0 Å². The Morgan fingerprint density at radius 1 is 0.432 bits per heavy atom. The number of hydrogen-bond acceptors (Lipinski definition) is 7. The molecule has 0 saturated carbocycles. The third-order valence-electron chi connectivity index (χ3n) is 12.6. The fourth-order valence-corrected chi connectivity index (χ4v) is 8.73. The van der Waals surface area contributed by atoms with Gasteiger partial charge < -0.3 is 18.9 Å². The summed E-state index contributed by atoms with van der Waals surface area (Å²) in [6, 6.07) is 0. The van der Waals surface area contributed by atoms with Crippen molar-refractivity contribution >= 4 is 19.8 Å². The second kappa shape index (κ2) is 54.7. The Balaban J connectivity index is 4.18. The molecule has 0 rings (SSSR count).